The number of hydrogen-bond donors (Lipinski definition) is 2. The van der Waals surface area contributed by atoms with Crippen molar-refractivity contribution in [2.45, 2.75) is 38.2 Å². The van der Waals surface area contributed by atoms with Crippen molar-refractivity contribution in [3.05, 3.63) is 59.1 Å². The van der Waals surface area contributed by atoms with E-state index in [0.29, 0.717) is 11.6 Å². The number of nitrogens with zero attached hydrogens (tertiary/aromatic N) is 3. The Labute approximate surface area is 172 Å². The number of aliphatic hydroxyl groups is 1. The molecule has 1 aliphatic carbocycles. The number of pyridine rings is 1. The molecule has 1 unspecified atom stereocenters. The summed E-state index contributed by atoms with van der Waals surface area (Å²) in [7, 11) is 0. The highest BCUT2D eigenvalue weighted by Gasteiger charge is 2.28. The molecule has 0 radical (unpaired) electrons. The number of aromatic nitrogens is 3. The SMILES string of the molecule is CC(O)(CNc1nc(-c2cccnc2)nc2sc3c(c12)CCCC3)c1ccco1. The molecule has 4 heterocycles. The topological polar surface area (TPSA) is 84.1 Å². The van der Waals surface area contributed by atoms with Crippen LogP contribution in [0.5, 0.6) is 0 Å². The first kappa shape index (κ1) is 18.3. The third-order valence-electron chi connectivity index (χ3n) is 5.39. The summed E-state index contributed by atoms with van der Waals surface area (Å²) in [6.07, 6.45) is 9.65. The van der Waals surface area contributed by atoms with Gasteiger partial charge in [0.05, 0.1) is 18.2 Å². The van der Waals surface area contributed by atoms with Crippen molar-refractivity contribution in [2.75, 3.05) is 11.9 Å². The largest absolute Gasteiger partial charge is 0.466 e. The van der Waals surface area contributed by atoms with E-state index < -0.39 is 5.60 Å². The minimum absolute atomic E-state index is 0.281. The predicted octanol–water partition coefficient (Wildman–Crippen LogP) is 4.54. The van der Waals surface area contributed by atoms with Gasteiger partial charge in [-0.1, -0.05) is 0 Å². The minimum atomic E-state index is -1.15. The molecule has 5 rings (SSSR count). The molecule has 29 heavy (non-hydrogen) atoms. The van der Waals surface area contributed by atoms with Crippen molar-refractivity contribution >= 4 is 27.4 Å². The van der Waals surface area contributed by atoms with Crippen molar-refractivity contribution in [3.8, 4) is 11.4 Å². The highest BCUT2D eigenvalue weighted by atomic mass is 32.1. The molecule has 4 aromatic rings. The third-order valence-corrected chi connectivity index (χ3v) is 6.57. The van der Waals surface area contributed by atoms with Gasteiger partial charge in [-0.15, -0.1) is 11.3 Å². The van der Waals surface area contributed by atoms with E-state index in [9.17, 15) is 5.11 Å². The summed E-state index contributed by atoms with van der Waals surface area (Å²) in [5, 5.41) is 15.4. The van der Waals surface area contributed by atoms with Crippen LogP contribution in [0.15, 0.2) is 47.3 Å². The Morgan fingerprint density at radius 1 is 1.21 bits per heavy atom. The molecule has 0 saturated carbocycles. The molecule has 1 atom stereocenters. The molecule has 0 aromatic carbocycles. The molecule has 7 heteroatoms. The van der Waals surface area contributed by atoms with Crippen LogP contribution in [0.4, 0.5) is 5.82 Å². The standard InChI is InChI=1S/C22H22N4O2S/c1-22(27,17-9-5-11-28-17)13-24-20-18-15-7-2-3-8-16(15)29-21(18)26-19(25-20)14-6-4-10-23-12-14/h4-6,9-12,27H,2-3,7-8,13H2,1H3,(H,24,25,26). The lowest BCUT2D eigenvalue weighted by atomic mass is 9.97. The van der Waals surface area contributed by atoms with Gasteiger partial charge < -0.3 is 14.8 Å². The van der Waals surface area contributed by atoms with Gasteiger partial charge in [-0.3, -0.25) is 4.98 Å². The first-order chi connectivity index (χ1) is 14.1. The van der Waals surface area contributed by atoms with E-state index in [0.717, 1.165) is 34.4 Å². The Balaban J connectivity index is 1.59. The summed E-state index contributed by atoms with van der Waals surface area (Å²) in [5.41, 5.74) is 1.08. The lowest BCUT2D eigenvalue weighted by Gasteiger charge is -2.22. The second-order valence-electron chi connectivity index (χ2n) is 7.63. The van der Waals surface area contributed by atoms with Crippen molar-refractivity contribution < 1.29 is 9.52 Å². The molecular formula is C22H22N4O2S. The Hall–Kier alpha value is -2.77. The van der Waals surface area contributed by atoms with Crippen LogP contribution in [0, 0.1) is 0 Å². The second kappa shape index (κ2) is 7.24. The van der Waals surface area contributed by atoms with Crippen molar-refractivity contribution in [1.82, 2.24) is 15.0 Å². The van der Waals surface area contributed by atoms with Crippen LogP contribution >= 0.6 is 11.3 Å². The molecule has 0 saturated heterocycles. The first-order valence-electron chi connectivity index (χ1n) is 9.85. The van der Waals surface area contributed by atoms with E-state index in [1.165, 1.54) is 23.3 Å². The molecule has 1 aliphatic rings. The van der Waals surface area contributed by atoms with Crippen LogP contribution in [-0.4, -0.2) is 26.6 Å². The van der Waals surface area contributed by atoms with Gasteiger partial charge in [-0.2, -0.15) is 0 Å². The molecule has 0 amide bonds. The number of furan rings is 1. The minimum Gasteiger partial charge on any atom is -0.466 e. The van der Waals surface area contributed by atoms with Gasteiger partial charge in [0.2, 0.25) is 0 Å². The lowest BCUT2D eigenvalue weighted by molar-refractivity contribution is 0.0476. The zero-order valence-corrected chi connectivity index (χ0v) is 17.0. The lowest BCUT2D eigenvalue weighted by Crippen LogP contribution is -2.30. The zero-order valence-electron chi connectivity index (χ0n) is 16.2. The fourth-order valence-corrected chi connectivity index (χ4v) is 5.10. The number of thiophene rings is 1. The van der Waals surface area contributed by atoms with E-state index in [4.69, 9.17) is 14.4 Å². The smallest absolute Gasteiger partial charge is 0.164 e. The molecule has 0 bridgehead atoms. The van der Waals surface area contributed by atoms with Crippen molar-refractivity contribution in [2.24, 2.45) is 0 Å². The summed E-state index contributed by atoms with van der Waals surface area (Å²) in [4.78, 5) is 16.3. The predicted molar refractivity (Wildman–Crippen MR) is 114 cm³/mol. The van der Waals surface area contributed by atoms with Crippen LogP contribution < -0.4 is 5.32 Å². The van der Waals surface area contributed by atoms with E-state index in [1.807, 2.05) is 12.1 Å². The van der Waals surface area contributed by atoms with Gasteiger partial charge in [0.1, 0.15) is 22.0 Å². The van der Waals surface area contributed by atoms with Crippen LogP contribution in [0.2, 0.25) is 0 Å². The van der Waals surface area contributed by atoms with Gasteiger partial charge in [-0.05, 0) is 62.4 Å². The monoisotopic (exact) mass is 406 g/mol. The summed E-state index contributed by atoms with van der Waals surface area (Å²) in [5.74, 6) is 1.93. The third kappa shape index (κ3) is 3.41. The van der Waals surface area contributed by atoms with Crippen molar-refractivity contribution in [3.63, 3.8) is 0 Å². The van der Waals surface area contributed by atoms with E-state index in [-0.39, 0.29) is 6.54 Å². The number of anilines is 1. The Morgan fingerprint density at radius 3 is 2.90 bits per heavy atom. The average molecular weight is 407 g/mol. The van der Waals surface area contributed by atoms with E-state index in [2.05, 4.69) is 10.3 Å². The maximum atomic E-state index is 10.9. The molecule has 148 valence electrons. The number of rotatable bonds is 5. The molecular weight excluding hydrogens is 384 g/mol. The highest BCUT2D eigenvalue weighted by Crippen LogP contribution is 2.39. The van der Waals surface area contributed by atoms with E-state index >= 15 is 0 Å². The van der Waals surface area contributed by atoms with Gasteiger partial charge >= 0.3 is 0 Å². The second-order valence-corrected chi connectivity index (χ2v) is 8.72. The number of hydrogen-bond acceptors (Lipinski definition) is 7. The van der Waals surface area contributed by atoms with Crippen LogP contribution in [0.1, 0.15) is 36.0 Å². The molecule has 0 fully saturated rings. The first-order valence-corrected chi connectivity index (χ1v) is 10.7. The fourth-order valence-electron chi connectivity index (χ4n) is 3.84. The number of nitrogens with one attached hydrogen (secondary N) is 1. The normalized spacial score (nSPS) is 15.8. The quantitative estimate of drug-likeness (QED) is 0.506. The molecule has 0 aliphatic heterocycles. The number of aryl methyl sites for hydroxylation is 2. The molecule has 6 nitrogen and oxygen atoms in total. The maximum absolute atomic E-state index is 10.9. The Kier molecular flexibility index (Phi) is 4.56. The molecule has 4 aromatic heterocycles. The maximum Gasteiger partial charge on any atom is 0.164 e. The van der Waals surface area contributed by atoms with Gasteiger partial charge in [0.15, 0.2) is 5.82 Å². The molecule has 0 spiro atoms. The number of fused-ring (bicyclic) bond motifs is 3. The summed E-state index contributed by atoms with van der Waals surface area (Å²) < 4.78 is 5.41. The summed E-state index contributed by atoms with van der Waals surface area (Å²) in [6, 6.07) is 7.41. The Morgan fingerprint density at radius 2 is 2.10 bits per heavy atom. The average Bonchev–Trinajstić information content (AvgIpc) is 3.41. The van der Waals surface area contributed by atoms with Crippen LogP contribution in [-0.2, 0) is 18.4 Å². The fraction of sp³-hybridized carbons (Fsp3) is 0.318. The van der Waals surface area contributed by atoms with Crippen LogP contribution in [0.3, 0.4) is 0 Å². The zero-order chi connectivity index (χ0) is 19.8. The van der Waals surface area contributed by atoms with Gasteiger partial charge in [-0.25, -0.2) is 9.97 Å². The Bertz CT molecular complexity index is 1140. The van der Waals surface area contributed by atoms with Crippen LogP contribution in [0.25, 0.3) is 21.6 Å². The highest BCUT2D eigenvalue weighted by molar-refractivity contribution is 7.19. The molecule has 2 N–H and O–H groups in total. The van der Waals surface area contributed by atoms with Gasteiger partial charge in [0.25, 0.3) is 0 Å². The van der Waals surface area contributed by atoms with E-state index in [1.54, 1.807) is 49.1 Å². The van der Waals surface area contributed by atoms with Crippen molar-refractivity contribution in [1.29, 1.82) is 0 Å². The summed E-state index contributed by atoms with van der Waals surface area (Å²) in [6.45, 7) is 2.02. The van der Waals surface area contributed by atoms with Gasteiger partial charge in [0, 0.05) is 22.8 Å². The summed E-state index contributed by atoms with van der Waals surface area (Å²) >= 11 is 1.76.